The summed E-state index contributed by atoms with van der Waals surface area (Å²) in [4.78, 5) is 0. The lowest BCUT2D eigenvalue weighted by atomic mass is 9.97. The van der Waals surface area contributed by atoms with Crippen LogP contribution in [0.4, 0.5) is 0 Å². The number of benzene rings is 1. The Hall–Kier alpha value is -1.50. The number of ether oxygens (including phenoxy) is 3. The van der Waals surface area contributed by atoms with E-state index in [2.05, 4.69) is 33.9 Å². The van der Waals surface area contributed by atoms with Crippen molar-refractivity contribution in [2.45, 2.75) is 58.9 Å². The minimum absolute atomic E-state index is 0.00435. The van der Waals surface area contributed by atoms with E-state index >= 15 is 0 Å². The first-order chi connectivity index (χ1) is 12.6. The largest absolute Gasteiger partial charge is 0.496 e. The monoisotopic (exact) mass is 396 g/mol. The van der Waals surface area contributed by atoms with Gasteiger partial charge in [0, 0.05) is 16.7 Å². The van der Waals surface area contributed by atoms with Crippen molar-refractivity contribution < 1.29 is 23.7 Å². The van der Waals surface area contributed by atoms with Crippen LogP contribution in [0, 0.1) is 6.92 Å². The van der Waals surface area contributed by atoms with Gasteiger partial charge in [-0.1, -0.05) is 32.9 Å². The van der Waals surface area contributed by atoms with Crippen LogP contribution in [0.3, 0.4) is 0 Å². The SMILES string of the molecule is COc1c(C)c(OC)c(OC)c(CO[Si](C)(C)C(C)(C)C)c1C/C=C/CO. The summed E-state index contributed by atoms with van der Waals surface area (Å²) in [5.41, 5.74) is 2.82. The van der Waals surface area contributed by atoms with E-state index in [0.717, 1.165) is 22.4 Å². The Balaban J connectivity index is 3.54. The minimum Gasteiger partial charge on any atom is -0.496 e. The lowest BCUT2D eigenvalue weighted by Crippen LogP contribution is -2.40. The molecular formula is C21H36O5Si. The third kappa shape index (κ3) is 5.27. The van der Waals surface area contributed by atoms with E-state index in [1.165, 1.54) is 0 Å². The summed E-state index contributed by atoms with van der Waals surface area (Å²) in [5.74, 6) is 2.11. The highest BCUT2D eigenvalue weighted by Gasteiger charge is 2.38. The Morgan fingerprint density at radius 2 is 1.44 bits per heavy atom. The van der Waals surface area contributed by atoms with E-state index in [-0.39, 0.29) is 11.6 Å². The molecule has 27 heavy (non-hydrogen) atoms. The fourth-order valence-corrected chi connectivity index (χ4v) is 3.70. The van der Waals surface area contributed by atoms with Gasteiger partial charge in [-0.3, -0.25) is 0 Å². The Kier molecular flexibility index (Phi) is 8.39. The quantitative estimate of drug-likeness (QED) is 0.487. The normalized spacial score (nSPS) is 12.5. The second kappa shape index (κ2) is 9.62. The Bertz CT molecular complexity index is 660. The van der Waals surface area contributed by atoms with Gasteiger partial charge < -0.3 is 23.7 Å². The van der Waals surface area contributed by atoms with Gasteiger partial charge in [-0.05, 0) is 31.5 Å². The minimum atomic E-state index is -1.95. The van der Waals surface area contributed by atoms with Crippen LogP contribution < -0.4 is 14.2 Å². The summed E-state index contributed by atoms with van der Waals surface area (Å²) in [6.45, 7) is 13.5. The molecule has 0 aliphatic carbocycles. The maximum Gasteiger partial charge on any atom is 0.192 e. The van der Waals surface area contributed by atoms with E-state index in [1.807, 2.05) is 13.0 Å². The Morgan fingerprint density at radius 3 is 1.89 bits per heavy atom. The first-order valence-electron chi connectivity index (χ1n) is 9.25. The average molecular weight is 397 g/mol. The van der Waals surface area contributed by atoms with Crippen LogP contribution in [-0.2, 0) is 17.5 Å². The maximum atomic E-state index is 9.10. The van der Waals surface area contributed by atoms with Crippen LogP contribution in [0.5, 0.6) is 17.2 Å². The van der Waals surface area contributed by atoms with Gasteiger partial charge in [0.2, 0.25) is 0 Å². The first kappa shape index (κ1) is 23.5. The van der Waals surface area contributed by atoms with Gasteiger partial charge in [-0.25, -0.2) is 0 Å². The van der Waals surface area contributed by atoms with Gasteiger partial charge in [-0.15, -0.1) is 0 Å². The maximum absolute atomic E-state index is 9.10. The molecule has 0 aliphatic heterocycles. The lowest BCUT2D eigenvalue weighted by molar-refractivity contribution is 0.263. The van der Waals surface area contributed by atoms with Gasteiger partial charge in [0.15, 0.2) is 19.8 Å². The standard InChI is InChI=1S/C21H36O5Si/c1-15-18(23-5)16(12-10-11-13-22)17(20(25-7)19(15)24-6)14-26-27(8,9)21(2,3)4/h10-11,22H,12-14H2,1-9H3/b11-10+. The fraction of sp³-hybridized carbons (Fsp3) is 0.619. The molecule has 6 heteroatoms. The molecule has 5 nitrogen and oxygen atoms in total. The second-order valence-corrected chi connectivity index (χ2v) is 12.9. The fourth-order valence-electron chi connectivity index (χ4n) is 2.76. The van der Waals surface area contributed by atoms with Crippen LogP contribution >= 0.6 is 0 Å². The number of allylic oxidation sites excluding steroid dienone is 1. The molecule has 1 rings (SSSR count). The third-order valence-corrected chi connectivity index (χ3v) is 9.87. The van der Waals surface area contributed by atoms with E-state index < -0.39 is 8.32 Å². The van der Waals surface area contributed by atoms with Crippen molar-refractivity contribution in [2.75, 3.05) is 27.9 Å². The predicted octanol–water partition coefficient (Wildman–Crippen LogP) is 4.63. The van der Waals surface area contributed by atoms with Gasteiger partial charge in [-0.2, -0.15) is 0 Å². The molecule has 0 bridgehead atoms. The van der Waals surface area contributed by atoms with E-state index in [4.69, 9.17) is 23.7 Å². The van der Waals surface area contributed by atoms with Crippen molar-refractivity contribution >= 4 is 8.32 Å². The molecule has 0 saturated carbocycles. The summed E-state index contributed by atoms with van der Waals surface area (Å²) < 4.78 is 23.5. The van der Waals surface area contributed by atoms with Crippen LogP contribution in [0.25, 0.3) is 0 Å². The molecule has 0 saturated heterocycles. The van der Waals surface area contributed by atoms with Crippen molar-refractivity contribution in [2.24, 2.45) is 0 Å². The molecule has 0 aliphatic rings. The molecular weight excluding hydrogens is 360 g/mol. The summed E-state index contributed by atoms with van der Waals surface area (Å²) in [5, 5.41) is 9.20. The van der Waals surface area contributed by atoms with Crippen molar-refractivity contribution in [3.05, 3.63) is 28.8 Å². The molecule has 0 spiro atoms. The molecule has 0 amide bonds. The molecule has 0 atom stereocenters. The van der Waals surface area contributed by atoms with E-state index in [0.29, 0.717) is 24.5 Å². The molecule has 0 unspecified atom stereocenters. The predicted molar refractivity (Wildman–Crippen MR) is 113 cm³/mol. The molecule has 0 heterocycles. The summed E-state index contributed by atoms with van der Waals surface area (Å²) in [6, 6.07) is 0. The van der Waals surface area contributed by atoms with E-state index in [9.17, 15) is 0 Å². The highest BCUT2D eigenvalue weighted by Crippen LogP contribution is 2.45. The number of methoxy groups -OCH3 is 3. The molecule has 154 valence electrons. The van der Waals surface area contributed by atoms with Crippen molar-refractivity contribution in [1.82, 2.24) is 0 Å². The van der Waals surface area contributed by atoms with Crippen LogP contribution in [0.1, 0.15) is 37.5 Å². The number of aliphatic hydroxyl groups is 1. The van der Waals surface area contributed by atoms with E-state index in [1.54, 1.807) is 27.4 Å². The summed E-state index contributed by atoms with van der Waals surface area (Å²) in [7, 11) is 2.99. The van der Waals surface area contributed by atoms with Crippen molar-refractivity contribution in [3.63, 3.8) is 0 Å². The molecule has 1 aromatic carbocycles. The van der Waals surface area contributed by atoms with Crippen molar-refractivity contribution in [3.8, 4) is 17.2 Å². The summed E-state index contributed by atoms with van der Waals surface area (Å²) in [6.07, 6.45) is 4.27. The van der Waals surface area contributed by atoms with Crippen LogP contribution in [0.15, 0.2) is 12.2 Å². The zero-order chi connectivity index (χ0) is 20.8. The van der Waals surface area contributed by atoms with Crippen molar-refractivity contribution in [1.29, 1.82) is 0 Å². The zero-order valence-corrected chi connectivity index (χ0v) is 19.4. The second-order valence-electron chi connectivity index (χ2n) is 8.09. The highest BCUT2D eigenvalue weighted by molar-refractivity contribution is 6.74. The molecule has 1 aromatic rings. The Morgan fingerprint density at radius 1 is 0.889 bits per heavy atom. The molecule has 0 aromatic heterocycles. The lowest BCUT2D eigenvalue weighted by Gasteiger charge is -2.36. The van der Waals surface area contributed by atoms with Gasteiger partial charge in [0.05, 0.1) is 34.5 Å². The molecule has 0 fully saturated rings. The smallest absolute Gasteiger partial charge is 0.192 e. The summed E-state index contributed by atoms with van der Waals surface area (Å²) >= 11 is 0. The number of rotatable bonds is 9. The van der Waals surface area contributed by atoms with Gasteiger partial charge in [0.25, 0.3) is 0 Å². The number of aliphatic hydroxyl groups excluding tert-OH is 1. The third-order valence-electron chi connectivity index (χ3n) is 5.39. The molecule has 0 radical (unpaired) electrons. The van der Waals surface area contributed by atoms with Gasteiger partial charge in [0.1, 0.15) is 5.75 Å². The van der Waals surface area contributed by atoms with Crippen LogP contribution in [0.2, 0.25) is 18.1 Å². The average Bonchev–Trinajstić information content (AvgIpc) is 2.59. The van der Waals surface area contributed by atoms with Crippen LogP contribution in [-0.4, -0.2) is 41.4 Å². The first-order valence-corrected chi connectivity index (χ1v) is 12.2. The van der Waals surface area contributed by atoms with Gasteiger partial charge >= 0.3 is 0 Å². The topological polar surface area (TPSA) is 57.2 Å². The highest BCUT2D eigenvalue weighted by atomic mass is 28.4. The zero-order valence-electron chi connectivity index (χ0n) is 18.4. The number of hydrogen-bond donors (Lipinski definition) is 1. The Labute approximate surface area is 165 Å². The molecule has 1 N–H and O–H groups in total. The number of hydrogen-bond acceptors (Lipinski definition) is 5.